The lowest BCUT2D eigenvalue weighted by molar-refractivity contribution is 0.601. The van der Waals surface area contributed by atoms with Crippen LogP contribution in [0, 0.1) is 6.92 Å². The third-order valence-corrected chi connectivity index (χ3v) is 4.10. The molecule has 0 aliphatic heterocycles. The number of rotatable bonds is 3. The highest BCUT2D eigenvalue weighted by Gasteiger charge is 2.15. The van der Waals surface area contributed by atoms with Gasteiger partial charge in [-0.15, -0.1) is 0 Å². The Balaban J connectivity index is 2.32. The van der Waals surface area contributed by atoms with Crippen LogP contribution in [-0.4, -0.2) is 13.4 Å². The van der Waals surface area contributed by atoms with E-state index >= 15 is 0 Å². The van der Waals surface area contributed by atoms with Gasteiger partial charge in [-0.2, -0.15) is 0 Å². The summed E-state index contributed by atoms with van der Waals surface area (Å²) >= 11 is 5.68. The predicted octanol–water partition coefficient (Wildman–Crippen LogP) is 2.43. The monoisotopic (exact) mass is 297 g/mol. The Hall–Kier alpha value is -1.79. The standard InChI is InChI=1S/C12H12ClN3O2S/c1-8-2-4-10(6-11(8)14)19(17,18)16-12-5-3-9(13)7-15-12/h2-7H,14H2,1H3,(H,15,16). The zero-order valence-electron chi connectivity index (χ0n) is 10.1. The predicted molar refractivity (Wildman–Crippen MR) is 75.6 cm³/mol. The van der Waals surface area contributed by atoms with Gasteiger partial charge < -0.3 is 5.73 Å². The summed E-state index contributed by atoms with van der Waals surface area (Å²) in [6.07, 6.45) is 1.36. The molecule has 2 rings (SSSR count). The van der Waals surface area contributed by atoms with Crippen molar-refractivity contribution in [3.8, 4) is 0 Å². The number of halogens is 1. The number of pyridine rings is 1. The molecule has 0 unspecified atom stereocenters. The molecule has 0 aliphatic rings. The summed E-state index contributed by atoms with van der Waals surface area (Å²) in [5, 5.41) is 0.433. The van der Waals surface area contributed by atoms with Crippen LogP contribution in [0.15, 0.2) is 41.4 Å². The average molecular weight is 298 g/mol. The molecule has 1 aromatic heterocycles. The van der Waals surface area contributed by atoms with Crippen LogP contribution >= 0.6 is 11.6 Å². The van der Waals surface area contributed by atoms with Gasteiger partial charge in [0, 0.05) is 11.9 Å². The van der Waals surface area contributed by atoms with Gasteiger partial charge in [0.1, 0.15) is 5.82 Å². The van der Waals surface area contributed by atoms with Gasteiger partial charge in [0.2, 0.25) is 0 Å². The molecule has 5 nitrogen and oxygen atoms in total. The topological polar surface area (TPSA) is 85.1 Å². The van der Waals surface area contributed by atoms with Gasteiger partial charge in [0.15, 0.2) is 0 Å². The zero-order valence-corrected chi connectivity index (χ0v) is 11.7. The van der Waals surface area contributed by atoms with Crippen molar-refractivity contribution in [3.63, 3.8) is 0 Å². The van der Waals surface area contributed by atoms with E-state index in [4.69, 9.17) is 17.3 Å². The van der Waals surface area contributed by atoms with Crippen LogP contribution in [0.25, 0.3) is 0 Å². The van der Waals surface area contributed by atoms with Crippen LogP contribution in [0.5, 0.6) is 0 Å². The number of nitrogens with one attached hydrogen (secondary N) is 1. The molecular weight excluding hydrogens is 286 g/mol. The summed E-state index contributed by atoms with van der Waals surface area (Å²) in [4.78, 5) is 3.97. The van der Waals surface area contributed by atoms with Crippen LogP contribution in [0.4, 0.5) is 11.5 Å². The highest BCUT2D eigenvalue weighted by molar-refractivity contribution is 7.92. The first-order chi connectivity index (χ1) is 8.88. The van der Waals surface area contributed by atoms with Gasteiger partial charge in [0.05, 0.1) is 9.92 Å². The van der Waals surface area contributed by atoms with Crippen LogP contribution in [0.1, 0.15) is 5.56 Å². The molecule has 0 spiro atoms. The van der Waals surface area contributed by atoms with Crippen molar-refractivity contribution in [2.45, 2.75) is 11.8 Å². The Morgan fingerprint density at radius 1 is 1.26 bits per heavy atom. The van der Waals surface area contributed by atoms with Crippen molar-refractivity contribution < 1.29 is 8.42 Å². The first-order valence-corrected chi connectivity index (χ1v) is 7.25. The number of nitrogens with zero attached hydrogens (tertiary/aromatic N) is 1. The maximum atomic E-state index is 12.1. The van der Waals surface area contributed by atoms with E-state index in [1.807, 2.05) is 0 Å². The second-order valence-electron chi connectivity index (χ2n) is 3.99. The normalized spacial score (nSPS) is 11.3. The fraction of sp³-hybridized carbons (Fsp3) is 0.0833. The average Bonchev–Trinajstić information content (AvgIpc) is 2.35. The number of anilines is 2. The van der Waals surface area contributed by atoms with Gasteiger partial charge in [-0.25, -0.2) is 13.4 Å². The van der Waals surface area contributed by atoms with Crippen molar-refractivity contribution >= 4 is 33.1 Å². The van der Waals surface area contributed by atoms with Gasteiger partial charge in [-0.05, 0) is 36.8 Å². The van der Waals surface area contributed by atoms with E-state index in [1.54, 1.807) is 19.1 Å². The van der Waals surface area contributed by atoms with Crippen molar-refractivity contribution in [2.75, 3.05) is 10.5 Å². The second-order valence-corrected chi connectivity index (χ2v) is 6.10. The number of nitrogens with two attached hydrogens (primary N) is 1. The zero-order chi connectivity index (χ0) is 14.0. The van der Waals surface area contributed by atoms with Crippen LogP contribution in [-0.2, 0) is 10.0 Å². The summed E-state index contributed by atoms with van der Waals surface area (Å²) in [5.74, 6) is 0.198. The fourth-order valence-electron chi connectivity index (χ4n) is 1.42. The molecule has 7 heteroatoms. The van der Waals surface area contributed by atoms with Crippen molar-refractivity contribution in [1.29, 1.82) is 0 Å². The summed E-state index contributed by atoms with van der Waals surface area (Å²) in [5.41, 5.74) is 6.95. The molecule has 0 atom stereocenters. The van der Waals surface area contributed by atoms with E-state index < -0.39 is 10.0 Å². The molecule has 1 aromatic carbocycles. The van der Waals surface area contributed by atoms with Gasteiger partial charge in [-0.3, -0.25) is 4.72 Å². The van der Waals surface area contributed by atoms with Crippen molar-refractivity contribution in [1.82, 2.24) is 4.98 Å². The Bertz CT molecular complexity index is 699. The van der Waals surface area contributed by atoms with E-state index in [0.717, 1.165) is 5.56 Å². The minimum atomic E-state index is -3.70. The number of aromatic nitrogens is 1. The summed E-state index contributed by atoms with van der Waals surface area (Å²) < 4.78 is 26.6. The lowest BCUT2D eigenvalue weighted by Crippen LogP contribution is -2.14. The highest BCUT2D eigenvalue weighted by atomic mass is 35.5. The molecule has 3 N–H and O–H groups in total. The SMILES string of the molecule is Cc1ccc(S(=O)(=O)Nc2ccc(Cl)cn2)cc1N. The fourth-order valence-corrected chi connectivity index (χ4v) is 2.57. The van der Waals surface area contributed by atoms with Crippen molar-refractivity contribution in [3.05, 3.63) is 47.1 Å². The van der Waals surface area contributed by atoms with E-state index in [9.17, 15) is 8.42 Å². The molecule has 2 aromatic rings. The molecule has 0 aliphatic carbocycles. The van der Waals surface area contributed by atoms with Gasteiger partial charge in [0.25, 0.3) is 10.0 Å². The van der Waals surface area contributed by atoms with Gasteiger partial charge >= 0.3 is 0 Å². The van der Waals surface area contributed by atoms with Crippen LogP contribution < -0.4 is 10.5 Å². The number of benzene rings is 1. The molecule has 0 amide bonds. The third-order valence-electron chi connectivity index (χ3n) is 2.53. The van der Waals surface area contributed by atoms with E-state index in [1.165, 1.54) is 24.4 Å². The minimum Gasteiger partial charge on any atom is -0.398 e. The Morgan fingerprint density at radius 2 is 2.00 bits per heavy atom. The Labute approximate surface area is 116 Å². The molecule has 0 saturated heterocycles. The number of aryl methyl sites for hydroxylation is 1. The lowest BCUT2D eigenvalue weighted by Gasteiger charge is -2.08. The van der Waals surface area contributed by atoms with E-state index in [2.05, 4.69) is 9.71 Å². The number of sulfonamides is 1. The first kappa shape index (κ1) is 13.6. The largest absolute Gasteiger partial charge is 0.398 e. The first-order valence-electron chi connectivity index (χ1n) is 5.39. The quantitative estimate of drug-likeness (QED) is 0.852. The molecule has 0 saturated carbocycles. The summed E-state index contributed by atoms with van der Waals surface area (Å²) in [7, 11) is -3.70. The summed E-state index contributed by atoms with van der Waals surface area (Å²) in [6, 6.07) is 7.59. The molecule has 0 fully saturated rings. The lowest BCUT2D eigenvalue weighted by atomic mass is 10.2. The molecular formula is C12H12ClN3O2S. The number of hydrogen-bond acceptors (Lipinski definition) is 4. The Kier molecular flexibility index (Phi) is 3.64. The molecule has 0 bridgehead atoms. The molecule has 0 radical (unpaired) electrons. The van der Waals surface area contributed by atoms with E-state index in [-0.39, 0.29) is 10.7 Å². The molecule has 100 valence electrons. The highest BCUT2D eigenvalue weighted by Crippen LogP contribution is 2.20. The van der Waals surface area contributed by atoms with E-state index in [0.29, 0.717) is 10.7 Å². The number of nitrogen functional groups attached to an aromatic ring is 1. The maximum Gasteiger partial charge on any atom is 0.263 e. The van der Waals surface area contributed by atoms with Crippen LogP contribution in [0.2, 0.25) is 5.02 Å². The summed E-state index contributed by atoms with van der Waals surface area (Å²) in [6.45, 7) is 1.81. The maximum absolute atomic E-state index is 12.1. The smallest absolute Gasteiger partial charge is 0.263 e. The molecule has 1 heterocycles. The second kappa shape index (κ2) is 5.07. The van der Waals surface area contributed by atoms with Crippen molar-refractivity contribution in [2.24, 2.45) is 0 Å². The number of hydrogen-bond donors (Lipinski definition) is 2. The minimum absolute atomic E-state index is 0.0901. The van der Waals surface area contributed by atoms with Crippen LogP contribution in [0.3, 0.4) is 0 Å². The molecule has 19 heavy (non-hydrogen) atoms. The third kappa shape index (κ3) is 3.15. The Morgan fingerprint density at radius 3 is 2.58 bits per heavy atom. The van der Waals surface area contributed by atoms with Gasteiger partial charge in [-0.1, -0.05) is 17.7 Å².